The summed E-state index contributed by atoms with van der Waals surface area (Å²) in [7, 11) is 0. The van der Waals surface area contributed by atoms with Gasteiger partial charge in [0.25, 0.3) is 0 Å². The molecular formula is H8ClIN2. The Bertz CT molecular complexity index is 6.00. The summed E-state index contributed by atoms with van der Waals surface area (Å²) in [5, 5.41) is 0. The summed E-state index contributed by atoms with van der Waals surface area (Å²) in [6.07, 6.45) is 0. The summed E-state index contributed by atoms with van der Waals surface area (Å²) in [5.74, 6) is 0. The number of halogens is 2. The van der Waals surface area contributed by atoms with Gasteiger partial charge in [-0.2, -0.15) is 0 Å². The van der Waals surface area contributed by atoms with E-state index in [1.807, 2.05) is 0 Å². The van der Waals surface area contributed by atoms with Gasteiger partial charge in [0, 0.05) is 0 Å². The van der Waals surface area contributed by atoms with Crippen LogP contribution in [0.25, 0.3) is 0 Å². The second-order valence-corrected chi connectivity index (χ2v) is 0. The van der Waals surface area contributed by atoms with E-state index < -0.39 is 0 Å². The molecule has 0 heterocycles. The second-order valence-electron chi connectivity index (χ2n) is 0. The Kier molecular flexibility index (Phi) is 836. The molecule has 0 amide bonds. The molecule has 0 saturated heterocycles. The van der Waals surface area contributed by atoms with Gasteiger partial charge in [0.15, 0.2) is 0 Å². The molecule has 0 spiro atoms. The maximum absolute atomic E-state index is 0. The second kappa shape index (κ2) is 38.5. The molecule has 0 aliphatic rings. The topological polar surface area (TPSA) is 70.0 Å². The molecule has 0 bridgehead atoms. The summed E-state index contributed by atoms with van der Waals surface area (Å²) in [4.78, 5) is 0. The summed E-state index contributed by atoms with van der Waals surface area (Å²) >= 11 is 0. The maximum atomic E-state index is 0. The molecule has 0 saturated carbocycles. The fraction of sp³-hybridized carbons (Fsp3) is 0. The van der Waals surface area contributed by atoms with Crippen molar-refractivity contribution in [1.29, 1.82) is 0 Å². The van der Waals surface area contributed by atoms with E-state index in [0.29, 0.717) is 0 Å². The van der Waals surface area contributed by atoms with E-state index in [1.165, 1.54) is 0 Å². The lowest BCUT2D eigenvalue weighted by molar-refractivity contribution is 2.13. The molecule has 0 radical (unpaired) electrons. The average Bonchev–Trinajstić information content (AvgIpc) is 0. The maximum Gasteiger partial charge on any atom is -0.107 e. The van der Waals surface area contributed by atoms with Gasteiger partial charge < -0.3 is 12.3 Å². The number of rotatable bonds is 0. The van der Waals surface area contributed by atoms with Crippen LogP contribution in [0.5, 0.6) is 0 Å². The van der Waals surface area contributed by atoms with Gasteiger partial charge in [-0.15, -0.1) is 36.4 Å². The highest BCUT2D eigenvalue weighted by Gasteiger charge is -0.107. The van der Waals surface area contributed by atoms with Crippen LogP contribution in [-0.2, 0) is 0 Å². The highest BCUT2D eigenvalue weighted by Crippen LogP contribution is 0.886. The average molecular weight is 198 g/mol. The predicted molar refractivity (Wildman–Crippen MR) is 32.7 cm³/mol. The highest BCUT2D eigenvalue weighted by atomic mass is 127. The minimum atomic E-state index is 0. The van der Waals surface area contributed by atoms with E-state index in [0.717, 1.165) is 0 Å². The molecule has 4 heavy (non-hydrogen) atoms. The molecule has 2 nitrogen and oxygen atoms in total. The van der Waals surface area contributed by atoms with Gasteiger partial charge in [-0.05, 0) is 0 Å². The van der Waals surface area contributed by atoms with Crippen LogP contribution in [0.2, 0.25) is 0 Å². The lowest BCUT2D eigenvalue weighted by Crippen LogP contribution is -0.482. The van der Waals surface area contributed by atoms with E-state index in [1.54, 1.807) is 0 Å². The predicted octanol–water partition coefficient (Wildman–Crippen LogP) is 1.36. The molecule has 0 aliphatic heterocycles. The van der Waals surface area contributed by atoms with E-state index in [9.17, 15) is 0 Å². The molecule has 0 fully saturated rings. The van der Waals surface area contributed by atoms with Crippen LogP contribution in [0, 0.1) is 0 Å². The summed E-state index contributed by atoms with van der Waals surface area (Å²) in [6.45, 7) is 0. The highest BCUT2D eigenvalue weighted by molar-refractivity contribution is 14.0. The minimum Gasteiger partial charge on any atom is -0.344 e. The van der Waals surface area contributed by atoms with Crippen molar-refractivity contribution in [3.8, 4) is 0 Å². The summed E-state index contributed by atoms with van der Waals surface area (Å²) in [6, 6.07) is 0. The molecule has 32 valence electrons. The van der Waals surface area contributed by atoms with Gasteiger partial charge >= 0.3 is 0 Å². The van der Waals surface area contributed by atoms with E-state index >= 15 is 0 Å². The van der Waals surface area contributed by atoms with Crippen molar-refractivity contribution in [1.82, 2.24) is 12.3 Å². The fourth-order valence-corrected chi connectivity index (χ4v) is 0. The molecule has 4 heteroatoms. The molecule has 0 aromatic rings. The zero-order chi connectivity index (χ0) is 0. The molecule has 0 atom stereocenters. The number of hydrogen-bond donors (Lipinski definition) is 2. The first kappa shape index (κ1) is 86.8. The van der Waals surface area contributed by atoms with E-state index in [4.69, 9.17) is 0 Å². The summed E-state index contributed by atoms with van der Waals surface area (Å²) < 4.78 is 0. The first-order valence-electron chi connectivity index (χ1n) is 0. The third-order valence-corrected chi connectivity index (χ3v) is 0. The van der Waals surface area contributed by atoms with Crippen molar-refractivity contribution in [2.45, 2.75) is 0 Å². The Balaban J connectivity index is 0. The van der Waals surface area contributed by atoms with E-state index in [2.05, 4.69) is 0 Å². The SMILES string of the molecule is Cl.I.N.N. The Labute approximate surface area is 48.9 Å². The van der Waals surface area contributed by atoms with E-state index in [-0.39, 0.29) is 48.7 Å². The van der Waals surface area contributed by atoms with Crippen molar-refractivity contribution >= 4 is 36.4 Å². The standard InChI is InChI=1S/ClH.HI.2H3N/h2*1H;2*1H3. The molecule has 0 rings (SSSR count). The largest absolute Gasteiger partial charge is 0.344 e. The lowest BCUT2D eigenvalue weighted by atomic mass is 14.0. The van der Waals surface area contributed by atoms with Gasteiger partial charge in [0.1, 0.15) is 0 Å². The normalized spacial score (nSPS) is 0. The smallest absolute Gasteiger partial charge is 0.107 e. The van der Waals surface area contributed by atoms with Crippen LogP contribution in [0.3, 0.4) is 0 Å². The van der Waals surface area contributed by atoms with Crippen LogP contribution in [-0.4, -0.2) is 0 Å². The van der Waals surface area contributed by atoms with Gasteiger partial charge in [-0.3, -0.25) is 0 Å². The zero-order valence-corrected chi connectivity index (χ0v) is 5.38. The van der Waals surface area contributed by atoms with Crippen LogP contribution < -0.4 is 12.3 Å². The van der Waals surface area contributed by atoms with Crippen molar-refractivity contribution < 1.29 is 0 Å². The first-order valence-corrected chi connectivity index (χ1v) is 0. The first-order chi connectivity index (χ1) is 0. The zero-order valence-electron chi connectivity index (χ0n) is 2.23. The monoisotopic (exact) mass is 198 g/mol. The van der Waals surface area contributed by atoms with Gasteiger partial charge in [-0.1, -0.05) is 0 Å². The quantitative estimate of drug-likeness (QED) is 0.577. The Morgan fingerprint density at radius 3 is 0.750 bits per heavy atom. The molecular weight excluding hydrogens is 190 g/mol. The minimum absolute atomic E-state index is 0. The van der Waals surface area contributed by atoms with Crippen LogP contribution in [0.4, 0.5) is 0 Å². The lowest BCUT2D eigenvalue weighted by Gasteiger charge is -0.345. The van der Waals surface area contributed by atoms with Crippen molar-refractivity contribution in [3.05, 3.63) is 0 Å². The Morgan fingerprint density at radius 1 is 0.750 bits per heavy atom. The molecule has 0 aromatic carbocycles. The van der Waals surface area contributed by atoms with Gasteiger partial charge in [0.2, 0.25) is 0 Å². The molecule has 6 N–H and O–H groups in total. The van der Waals surface area contributed by atoms with Crippen LogP contribution in [0.1, 0.15) is 0 Å². The molecule has 0 aromatic heterocycles. The van der Waals surface area contributed by atoms with Crippen LogP contribution >= 0.6 is 36.4 Å². The Hall–Kier alpha value is 0.940. The van der Waals surface area contributed by atoms with Crippen molar-refractivity contribution in [2.24, 2.45) is 0 Å². The van der Waals surface area contributed by atoms with Crippen LogP contribution in [0.15, 0.2) is 0 Å². The van der Waals surface area contributed by atoms with Crippen molar-refractivity contribution in [2.75, 3.05) is 0 Å². The number of hydrogen-bond acceptors (Lipinski definition) is 2. The summed E-state index contributed by atoms with van der Waals surface area (Å²) in [5.41, 5.74) is 0. The van der Waals surface area contributed by atoms with Gasteiger partial charge in [-0.25, -0.2) is 0 Å². The molecule has 0 unspecified atom stereocenters. The van der Waals surface area contributed by atoms with Gasteiger partial charge in [0.05, 0.1) is 0 Å². The molecule has 0 aliphatic carbocycles. The third-order valence-electron chi connectivity index (χ3n) is 0. The fourth-order valence-electron chi connectivity index (χ4n) is 0. The Morgan fingerprint density at radius 2 is 0.750 bits per heavy atom. The third kappa shape index (κ3) is 12.5. The van der Waals surface area contributed by atoms with Crippen molar-refractivity contribution in [3.63, 3.8) is 0 Å².